The van der Waals surface area contributed by atoms with Gasteiger partial charge in [0.15, 0.2) is 0 Å². The maximum absolute atomic E-state index is 5.11. The maximum Gasteiger partial charge on any atom is 0.0810 e. The molecule has 0 aromatic carbocycles. The van der Waals surface area contributed by atoms with Crippen molar-refractivity contribution in [2.24, 2.45) is 0 Å². The van der Waals surface area contributed by atoms with E-state index in [1.807, 2.05) is 11.8 Å². The molecule has 0 radical (unpaired) electrons. The summed E-state index contributed by atoms with van der Waals surface area (Å²) in [4.78, 5) is 0. The molecular weight excluding hydrogens is 144 g/mol. The number of epoxide rings is 1. The third kappa shape index (κ3) is 4.18. The van der Waals surface area contributed by atoms with Crippen molar-refractivity contribution >= 4 is 11.8 Å². The summed E-state index contributed by atoms with van der Waals surface area (Å²) in [6.07, 6.45) is 3.24. The summed E-state index contributed by atoms with van der Waals surface area (Å²) >= 11 is 2.05. The van der Waals surface area contributed by atoms with E-state index in [4.69, 9.17) is 4.74 Å². The van der Waals surface area contributed by atoms with Gasteiger partial charge in [0, 0.05) is 0 Å². The van der Waals surface area contributed by atoms with Gasteiger partial charge in [0.05, 0.1) is 12.7 Å². The van der Waals surface area contributed by atoms with Crippen LogP contribution in [0.5, 0.6) is 0 Å². The van der Waals surface area contributed by atoms with Crippen molar-refractivity contribution in [3.05, 3.63) is 0 Å². The molecule has 1 aliphatic heterocycles. The molecule has 1 nitrogen and oxygen atoms in total. The van der Waals surface area contributed by atoms with Gasteiger partial charge in [-0.05, 0) is 23.8 Å². The van der Waals surface area contributed by atoms with Gasteiger partial charge in [-0.15, -0.1) is 0 Å². The van der Waals surface area contributed by atoms with Gasteiger partial charge < -0.3 is 4.74 Å². The molecule has 0 N–H and O–H groups in total. The van der Waals surface area contributed by atoms with Gasteiger partial charge in [-0.3, -0.25) is 0 Å². The molecule has 1 aliphatic rings. The van der Waals surface area contributed by atoms with Crippen LogP contribution in [0.2, 0.25) is 0 Å². The van der Waals surface area contributed by atoms with Crippen molar-refractivity contribution in [1.82, 2.24) is 0 Å². The average Bonchev–Trinajstić information content (AvgIpc) is 2.62. The first-order valence-electron chi connectivity index (χ1n) is 4.02. The molecule has 0 spiro atoms. The average molecular weight is 160 g/mol. The predicted molar refractivity (Wildman–Crippen MR) is 46.6 cm³/mol. The normalized spacial score (nSPS) is 23.7. The Hall–Kier alpha value is 0.310. The van der Waals surface area contributed by atoms with E-state index in [2.05, 4.69) is 13.8 Å². The van der Waals surface area contributed by atoms with Crippen LogP contribution in [0.25, 0.3) is 0 Å². The second-order valence-corrected chi connectivity index (χ2v) is 4.70. The van der Waals surface area contributed by atoms with Gasteiger partial charge in [0.1, 0.15) is 0 Å². The fourth-order valence-electron chi connectivity index (χ4n) is 0.865. The van der Waals surface area contributed by atoms with Gasteiger partial charge in [-0.25, -0.2) is 0 Å². The molecule has 1 saturated heterocycles. The van der Waals surface area contributed by atoms with E-state index in [9.17, 15) is 0 Å². The van der Waals surface area contributed by atoms with Gasteiger partial charge in [-0.2, -0.15) is 11.8 Å². The van der Waals surface area contributed by atoms with Gasteiger partial charge in [-0.1, -0.05) is 13.8 Å². The fourth-order valence-corrected chi connectivity index (χ4v) is 1.67. The van der Waals surface area contributed by atoms with Gasteiger partial charge in [0.25, 0.3) is 0 Å². The summed E-state index contributed by atoms with van der Waals surface area (Å²) < 4.78 is 5.11. The Kier molecular flexibility index (Phi) is 3.57. The topological polar surface area (TPSA) is 12.5 Å². The lowest BCUT2D eigenvalue weighted by Gasteiger charge is -2.02. The second kappa shape index (κ2) is 4.24. The van der Waals surface area contributed by atoms with Crippen LogP contribution in [0, 0.1) is 0 Å². The molecule has 0 saturated carbocycles. The molecule has 1 fully saturated rings. The Morgan fingerprint density at radius 2 is 2.30 bits per heavy atom. The van der Waals surface area contributed by atoms with Crippen LogP contribution in [0.3, 0.4) is 0 Å². The number of hydrogen-bond acceptors (Lipinski definition) is 2. The minimum absolute atomic E-state index is 0.632. The number of ether oxygens (including phenoxy) is 1. The third-order valence-corrected chi connectivity index (χ3v) is 2.72. The van der Waals surface area contributed by atoms with Crippen LogP contribution in [0.4, 0.5) is 0 Å². The Balaban J connectivity index is 1.76. The Bertz CT molecular complexity index is 85.3. The zero-order valence-electron chi connectivity index (χ0n) is 6.80. The molecule has 1 unspecified atom stereocenters. The van der Waals surface area contributed by atoms with Crippen molar-refractivity contribution in [3.63, 3.8) is 0 Å². The molecule has 2 heteroatoms. The molecule has 10 heavy (non-hydrogen) atoms. The quantitative estimate of drug-likeness (QED) is 0.452. The standard InChI is InChI=1S/C8H16OS/c1-7(2)10-5-3-4-8-6-9-8/h7-8H,3-6H2,1-2H3. The van der Waals surface area contributed by atoms with E-state index < -0.39 is 0 Å². The van der Waals surface area contributed by atoms with Crippen molar-refractivity contribution in [1.29, 1.82) is 0 Å². The molecule has 1 atom stereocenters. The Morgan fingerprint density at radius 3 is 2.80 bits per heavy atom. The highest BCUT2D eigenvalue weighted by atomic mass is 32.2. The largest absolute Gasteiger partial charge is 0.373 e. The molecular formula is C8H16OS. The van der Waals surface area contributed by atoms with Crippen molar-refractivity contribution < 1.29 is 4.74 Å². The highest BCUT2D eigenvalue weighted by Crippen LogP contribution is 2.18. The smallest absolute Gasteiger partial charge is 0.0810 e. The number of thioether (sulfide) groups is 1. The minimum atomic E-state index is 0.632. The van der Waals surface area contributed by atoms with Crippen LogP contribution >= 0.6 is 11.8 Å². The monoisotopic (exact) mass is 160 g/mol. The minimum Gasteiger partial charge on any atom is -0.373 e. The molecule has 60 valence electrons. The van der Waals surface area contributed by atoms with Crippen LogP contribution < -0.4 is 0 Å². The van der Waals surface area contributed by atoms with Crippen LogP contribution in [-0.4, -0.2) is 23.7 Å². The van der Waals surface area contributed by atoms with Crippen LogP contribution in [-0.2, 0) is 4.74 Å². The summed E-state index contributed by atoms with van der Waals surface area (Å²) in [6.45, 7) is 5.52. The molecule has 1 rings (SSSR count). The molecule has 0 bridgehead atoms. The maximum atomic E-state index is 5.11. The highest BCUT2D eigenvalue weighted by molar-refractivity contribution is 7.99. The first kappa shape index (κ1) is 8.41. The lowest BCUT2D eigenvalue weighted by atomic mass is 10.3. The second-order valence-electron chi connectivity index (χ2n) is 3.02. The summed E-state index contributed by atoms with van der Waals surface area (Å²) in [5, 5.41) is 0.792. The van der Waals surface area contributed by atoms with E-state index >= 15 is 0 Å². The summed E-state index contributed by atoms with van der Waals surface area (Å²) in [5.41, 5.74) is 0. The highest BCUT2D eigenvalue weighted by Gasteiger charge is 2.20. The van der Waals surface area contributed by atoms with Crippen molar-refractivity contribution in [2.75, 3.05) is 12.4 Å². The predicted octanol–water partition coefficient (Wildman–Crippen LogP) is 2.31. The summed E-state index contributed by atoms with van der Waals surface area (Å²) in [6, 6.07) is 0. The first-order valence-corrected chi connectivity index (χ1v) is 5.07. The van der Waals surface area contributed by atoms with Crippen molar-refractivity contribution in [2.45, 2.75) is 38.0 Å². The van der Waals surface area contributed by atoms with E-state index in [1.54, 1.807) is 0 Å². The number of rotatable bonds is 5. The third-order valence-electron chi connectivity index (χ3n) is 1.52. The summed E-state index contributed by atoms with van der Waals surface area (Å²) in [5.74, 6) is 1.30. The van der Waals surface area contributed by atoms with Crippen molar-refractivity contribution in [3.8, 4) is 0 Å². The fraction of sp³-hybridized carbons (Fsp3) is 1.00. The lowest BCUT2D eigenvalue weighted by molar-refractivity contribution is 0.395. The molecule has 0 amide bonds. The first-order chi connectivity index (χ1) is 4.79. The summed E-state index contributed by atoms with van der Waals surface area (Å²) in [7, 11) is 0. The zero-order chi connectivity index (χ0) is 7.40. The SMILES string of the molecule is CC(C)SCCCC1CO1. The lowest BCUT2D eigenvalue weighted by Crippen LogP contribution is -1.92. The van der Waals surface area contributed by atoms with E-state index in [0.29, 0.717) is 6.10 Å². The van der Waals surface area contributed by atoms with Gasteiger partial charge in [0.2, 0.25) is 0 Å². The molecule has 0 aliphatic carbocycles. The van der Waals surface area contributed by atoms with E-state index in [1.165, 1.54) is 18.6 Å². The number of hydrogen-bond donors (Lipinski definition) is 0. The van der Waals surface area contributed by atoms with E-state index in [-0.39, 0.29) is 0 Å². The Morgan fingerprint density at radius 1 is 1.60 bits per heavy atom. The Labute approximate surface area is 67.5 Å². The zero-order valence-corrected chi connectivity index (χ0v) is 7.62. The molecule has 1 heterocycles. The molecule has 0 aromatic rings. The van der Waals surface area contributed by atoms with Gasteiger partial charge >= 0.3 is 0 Å². The van der Waals surface area contributed by atoms with Crippen LogP contribution in [0.1, 0.15) is 26.7 Å². The molecule has 0 aromatic heterocycles. The van der Waals surface area contributed by atoms with E-state index in [0.717, 1.165) is 11.9 Å². The van der Waals surface area contributed by atoms with Crippen LogP contribution in [0.15, 0.2) is 0 Å².